The van der Waals surface area contributed by atoms with Crippen molar-refractivity contribution in [3.63, 3.8) is 0 Å². The predicted octanol–water partition coefficient (Wildman–Crippen LogP) is 2.86. The third-order valence-corrected chi connectivity index (χ3v) is 7.75. The Labute approximate surface area is 175 Å². The Morgan fingerprint density at radius 3 is 2.61 bits per heavy atom. The summed E-state index contributed by atoms with van der Waals surface area (Å²) in [4.78, 5) is 19.9. The summed E-state index contributed by atoms with van der Waals surface area (Å²) >= 11 is 12.6. The highest BCUT2D eigenvalue weighted by Gasteiger charge is 2.43. The van der Waals surface area contributed by atoms with Crippen LogP contribution in [0.2, 0.25) is 0 Å². The van der Waals surface area contributed by atoms with E-state index in [0.717, 1.165) is 32.4 Å². The van der Waals surface area contributed by atoms with Crippen LogP contribution >= 0.6 is 23.2 Å². The van der Waals surface area contributed by atoms with Gasteiger partial charge in [0, 0.05) is 24.8 Å². The molecule has 6 nitrogen and oxygen atoms in total. The van der Waals surface area contributed by atoms with E-state index in [9.17, 15) is 4.79 Å². The summed E-state index contributed by atoms with van der Waals surface area (Å²) in [6.45, 7) is 3.49. The minimum absolute atomic E-state index is 0.138. The van der Waals surface area contributed by atoms with Gasteiger partial charge >= 0.3 is 0 Å². The normalized spacial score (nSPS) is 29.4. The highest BCUT2D eigenvalue weighted by molar-refractivity contribution is 6.34. The van der Waals surface area contributed by atoms with Crippen molar-refractivity contribution in [2.45, 2.75) is 55.8 Å². The minimum atomic E-state index is -0.544. The number of anilines is 2. The average Bonchev–Trinajstić information content (AvgIpc) is 3.02. The molecule has 2 heterocycles. The van der Waals surface area contributed by atoms with Crippen molar-refractivity contribution in [1.82, 2.24) is 9.55 Å². The number of rotatable bonds is 2. The molecular weight excluding hydrogens is 397 g/mol. The molecule has 0 radical (unpaired) electrons. The lowest BCUT2D eigenvalue weighted by molar-refractivity contribution is 0.197. The predicted molar refractivity (Wildman–Crippen MR) is 116 cm³/mol. The van der Waals surface area contributed by atoms with Gasteiger partial charge in [-0.05, 0) is 44.1 Å². The Balaban J connectivity index is 1.63. The quantitative estimate of drug-likeness (QED) is 0.713. The monoisotopic (exact) mass is 423 g/mol. The fraction of sp³-hybridized carbons (Fsp3) is 0.600. The standard InChI is InChI=1S/C20H27Cl2N5O/c1-12-17(26-10-8-20(9-11-26)7-3-6-15(20)23)25-19(24)27(18(12)28)14-5-2-4-13(21)16(14)22/h2,4-5,13,15-16H,3,6-11,23H2,1H3,(H2,24,25)/t13?,15-,16+/m1/s1. The first-order valence-electron chi connectivity index (χ1n) is 9.90. The summed E-state index contributed by atoms with van der Waals surface area (Å²) in [5, 5.41) is -0.945. The number of hydrogen-bond acceptors (Lipinski definition) is 5. The zero-order valence-electron chi connectivity index (χ0n) is 16.1. The van der Waals surface area contributed by atoms with Gasteiger partial charge in [0.15, 0.2) is 0 Å². The van der Waals surface area contributed by atoms with Crippen LogP contribution in [0.4, 0.5) is 11.8 Å². The van der Waals surface area contributed by atoms with Gasteiger partial charge in [-0.2, -0.15) is 4.98 Å². The Morgan fingerprint density at radius 2 is 1.96 bits per heavy atom. The second kappa shape index (κ2) is 7.39. The van der Waals surface area contributed by atoms with Crippen molar-refractivity contribution >= 4 is 40.7 Å². The van der Waals surface area contributed by atoms with Gasteiger partial charge in [-0.15, -0.1) is 23.2 Å². The molecule has 28 heavy (non-hydrogen) atoms. The molecule has 2 aliphatic carbocycles. The molecule has 2 fully saturated rings. The minimum Gasteiger partial charge on any atom is -0.369 e. The number of alkyl halides is 2. The molecule has 1 aromatic rings. The van der Waals surface area contributed by atoms with Gasteiger partial charge < -0.3 is 16.4 Å². The number of piperidine rings is 1. The van der Waals surface area contributed by atoms with Crippen LogP contribution in [0, 0.1) is 12.3 Å². The molecule has 1 unspecified atom stereocenters. The van der Waals surface area contributed by atoms with Crippen molar-refractivity contribution in [1.29, 1.82) is 0 Å². The Morgan fingerprint density at radius 1 is 1.25 bits per heavy atom. The van der Waals surface area contributed by atoms with E-state index >= 15 is 0 Å². The molecule has 1 spiro atoms. The highest BCUT2D eigenvalue weighted by Crippen LogP contribution is 2.46. The molecule has 8 heteroatoms. The lowest BCUT2D eigenvalue weighted by atomic mass is 9.74. The lowest BCUT2D eigenvalue weighted by Crippen LogP contribution is -2.47. The lowest BCUT2D eigenvalue weighted by Gasteiger charge is -2.42. The number of hydrogen-bond donors (Lipinski definition) is 2. The molecule has 3 atom stereocenters. The molecule has 4 N–H and O–H groups in total. The van der Waals surface area contributed by atoms with E-state index in [1.54, 1.807) is 25.2 Å². The number of nitrogens with zero attached hydrogens (tertiary/aromatic N) is 3. The third-order valence-electron chi connectivity index (χ3n) is 6.73. The van der Waals surface area contributed by atoms with Crippen LogP contribution in [-0.4, -0.2) is 39.4 Å². The van der Waals surface area contributed by atoms with Crippen molar-refractivity contribution in [2.75, 3.05) is 23.7 Å². The molecule has 3 aliphatic rings. The van der Waals surface area contributed by atoms with Crippen LogP contribution in [0.5, 0.6) is 0 Å². The summed E-state index contributed by atoms with van der Waals surface area (Å²) in [6.07, 6.45) is 10.9. The fourth-order valence-electron chi connectivity index (χ4n) is 4.93. The van der Waals surface area contributed by atoms with Crippen molar-refractivity contribution in [2.24, 2.45) is 11.1 Å². The summed E-state index contributed by atoms with van der Waals surface area (Å²) < 4.78 is 1.38. The van der Waals surface area contributed by atoms with Crippen molar-refractivity contribution in [3.05, 3.63) is 34.1 Å². The van der Waals surface area contributed by atoms with Gasteiger partial charge in [0.05, 0.1) is 16.3 Å². The summed E-state index contributed by atoms with van der Waals surface area (Å²) in [5.74, 6) is 0.806. The molecule has 1 aliphatic heterocycles. The SMILES string of the molecule is Cc1c(N2CCC3(CCC[C@H]3N)CC2)nc(N)n(C2=CC=CC(Cl)[C@@H]2Cl)c1=O. The van der Waals surface area contributed by atoms with Gasteiger partial charge in [-0.3, -0.25) is 4.79 Å². The zero-order valence-corrected chi connectivity index (χ0v) is 17.6. The van der Waals surface area contributed by atoms with Crippen molar-refractivity contribution in [3.8, 4) is 0 Å². The average molecular weight is 424 g/mol. The van der Waals surface area contributed by atoms with Gasteiger partial charge in [0.2, 0.25) is 5.95 Å². The summed E-state index contributed by atoms with van der Waals surface area (Å²) in [5.41, 5.74) is 13.8. The maximum absolute atomic E-state index is 13.1. The van der Waals surface area contributed by atoms with Crippen LogP contribution < -0.4 is 21.9 Å². The van der Waals surface area contributed by atoms with Gasteiger partial charge in [0.1, 0.15) is 5.82 Å². The van der Waals surface area contributed by atoms with Crippen LogP contribution in [-0.2, 0) is 0 Å². The topological polar surface area (TPSA) is 90.2 Å². The molecule has 1 aromatic heterocycles. The molecule has 0 aromatic carbocycles. The Kier molecular flexibility index (Phi) is 5.23. The van der Waals surface area contributed by atoms with E-state index < -0.39 is 10.8 Å². The number of aromatic nitrogens is 2. The molecular formula is C20H27Cl2N5O. The molecule has 0 bridgehead atoms. The molecule has 4 rings (SSSR count). The molecule has 152 valence electrons. The van der Waals surface area contributed by atoms with E-state index in [-0.39, 0.29) is 23.0 Å². The van der Waals surface area contributed by atoms with Crippen LogP contribution in [0.3, 0.4) is 0 Å². The second-order valence-corrected chi connectivity index (χ2v) is 9.20. The summed E-state index contributed by atoms with van der Waals surface area (Å²) in [6, 6.07) is 0.289. The fourth-order valence-corrected chi connectivity index (χ4v) is 5.40. The number of nitrogens with two attached hydrogens (primary N) is 2. The zero-order chi connectivity index (χ0) is 20.1. The Bertz CT molecular complexity index is 885. The van der Waals surface area contributed by atoms with E-state index in [0.29, 0.717) is 17.1 Å². The first-order chi connectivity index (χ1) is 13.3. The number of allylic oxidation sites excluding steroid dienone is 4. The smallest absolute Gasteiger partial charge is 0.264 e. The van der Waals surface area contributed by atoms with Crippen LogP contribution in [0.1, 0.15) is 37.7 Å². The van der Waals surface area contributed by atoms with Gasteiger partial charge in [0.25, 0.3) is 5.56 Å². The van der Waals surface area contributed by atoms with E-state index in [1.807, 2.05) is 0 Å². The molecule has 1 saturated heterocycles. The first-order valence-corrected chi connectivity index (χ1v) is 10.8. The first kappa shape index (κ1) is 19.8. The maximum Gasteiger partial charge on any atom is 0.264 e. The van der Waals surface area contributed by atoms with Crippen LogP contribution in [0.25, 0.3) is 5.70 Å². The maximum atomic E-state index is 13.1. The number of halogens is 2. The van der Waals surface area contributed by atoms with E-state index in [4.69, 9.17) is 34.7 Å². The van der Waals surface area contributed by atoms with E-state index in [2.05, 4.69) is 9.88 Å². The molecule has 0 amide bonds. The third kappa shape index (κ3) is 3.15. The second-order valence-electron chi connectivity index (χ2n) is 8.23. The van der Waals surface area contributed by atoms with Crippen molar-refractivity contribution < 1.29 is 0 Å². The number of nitrogen functional groups attached to an aromatic ring is 1. The van der Waals surface area contributed by atoms with E-state index in [1.165, 1.54) is 17.4 Å². The van der Waals surface area contributed by atoms with Crippen LogP contribution in [0.15, 0.2) is 23.0 Å². The largest absolute Gasteiger partial charge is 0.369 e. The summed E-state index contributed by atoms with van der Waals surface area (Å²) in [7, 11) is 0. The molecule has 1 saturated carbocycles. The van der Waals surface area contributed by atoms with Gasteiger partial charge in [-0.1, -0.05) is 18.6 Å². The Hall–Kier alpha value is -1.50. The van der Waals surface area contributed by atoms with Gasteiger partial charge in [-0.25, -0.2) is 4.57 Å². The highest BCUT2D eigenvalue weighted by atomic mass is 35.5.